The van der Waals surface area contributed by atoms with Crippen LogP contribution in [-0.2, 0) is 11.2 Å². The first kappa shape index (κ1) is 19.0. The fourth-order valence-electron chi connectivity index (χ4n) is 2.13. The Morgan fingerprint density at radius 1 is 1.08 bits per heavy atom. The lowest BCUT2D eigenvalue weighted by molar-refractivity contribution is -0.122. The van der Waals surface area contributed by atoms with Crippen molar-refractivity contribution in [2.24, 2.45) is 0 Å². The number of carbonyl (C=O) groups is 2. The van der Waals surface area contributed by atoms with E-state index >= 15 is 0 Å². The van der Waals surface area contributed by atoms with Crippen LogP contribution in [0.1, 0.15) is 35.7 Å². The number of ether oxygens (including phenoxy) is 1. The molecular weight excluding hydrogens is 384 g/mol. The van der Waals surface area contributed by atoms with Gasteiger partial charge in [0, 0.05) is 16.5 Å². The molecule has 0 unspecified atom stereocenters. The molecule has 0 spiro atoms. The van der Waals surface area contributed by atoms with Crippen molar-refractivity contribution in [3.05, 3.63) is 64.1 Å². The third-order valence-electron chi connectivity index (χ3n) is 3.55. The highest BCUT2D eigenvalue weighted by Gasteiger charge is 2.07. The molecule has 132 valence electrons. The molecule has 0 radical (unpaired) electrons. The maximum atomic E-state index is 11.9. The van der Waals surface area contributed by atoms with Crippen LogP contribution in [0.5, 0.6) is 5.75 Å². The summed E-state index contributed by atoms with van der Waals surface area (Å²) in [7, 11) is 0. The third-order valence-corrected chi connectivity index (χ3v) is 4.05. The first-order valence-corrected chi connectivity index (χ1v) is 8.94. The average Bonchev–Trinajstić information content (AvgIpc) is 2.63. The van der Waals surface area contributed by atoms with Crippen molar-refractivity contribution in [2.75, 3.05) is 6.61 Å². The number of hydrogen-bond donors (Lipinski definition) is 2. The number of amides is 2. The maximum Gasteiger partial charge on any atom is 0.269 e. The minimum absolute atomic E-state index is 0.253. The van der Waals surface area contributed by atoms with Crippen molar-refractivity contribution in [2.45, 2.75) is 26.2 Å². The Morgan fingerprint density at radius 3 is 2.52 bits per heavy atom. The molecule has 2 rings (SSSR count). The molecule has 0 aliphatic heterocycles. The second-order valence-corrected chi connectivity index (χ2v) is 6.38. The highest BCUT2D eigenvalue weighted by molar-refractivity contribution is 9.10. The van der Waals surface area contributed by atoms with Gasteiger partial charge in [-0.2, -0.15) is 0 Å². The van der Waals surface area contributed by atoms with Gasteiger partial charge >= 0.3 is 0 Å². The minimum atomic E-state index is -0.332. The van der Waals surface area contributed by atoms with Crippen LogP contribution in [0, 0.1) is 0 Å². The van der Waals surface area contributed by atoms with Gasteiger partial charge in [-0.15, -0.1) is 0 Å². The number of aryl methyl sites for hydroxylation is 1. The van der Waals surface area contributed by atoms with Crippen LogP contribution >= 0.6 is 15.9 Å². The van der Waals surface area contributed by atoms with E-state index in [1.165, 1.54) is 0 Å². The van der Waals surface area contributed by atoms with Gasteiger partial charge in [-0.05, 0) is 48.7 Å². The molecule has 0 fully saturated rings. The number of halogens is 1. The predicted octanol–water partition coefficient (Wildman–Crippen LogP) is 3.63. The van der Waals surface area contributed by atoms with E-state index < -0.39 is 0 Å². The van der Waals surface area contributed by atoms with Crippen LogP contribution < -0.4 is 15.6 Å². The summed E-state index contributed by atoms with van der Waals surface area (Å²) in [6.07, 6.45) is 1.74. The summed E-state index contributed by atoms with van der Waals surface area (Å²) < 4.78 is 6.50. The number of hydrazine groups is 1. The van der Waals surface area contributed by atoms with Gasteiger partial charge in [0.25, 0.3) is 5.91 Å². The van der Waals surface area contributed by atoms with Crippen LogP contribution in [0.15, 0.2) is 53.0 Å². The van der Waals surface area contributed by atoms with Crippen molar-refractivity contribution >= 4 is 27.7 Å². The average molecular weight is 405 g/mol. The number of nitrogens with one attached hydrogen (secondary N) is 2. The molecule has 0 saturated carbocycles. The molecule has 5 nitrogen and oxygen atoms in total. The fraction of sp³-hybridized carbons (Fsp3) is 0.263. The number of rotatable bonds is 7. The van der Waals surface area contributed by atoms with Crippen LogP contribution in [-0.4, -0.2) is 18.4 Å². The second-order valence-electron chi connectivity index (χ2n) is 5.46. The van der Waals surface area contributed by atoms with E-state index in [9.17, 15) is 9.59 Å². The summed E-state index contributed by atoms with van der Waals surface area (Å²) in [6.45, 7) is 2.48. The summed E-state index contributed by atoms with van der Waals surface area (Å²) in [4.78, 5) is 23.7. The Balaban J connectivity index is 1.65. The van der Waals surface area contributed by atoms with E-state index in [4.69, 9.17) is 4.74 Å². The second kappa shape index (κ2) is 9.84. The maximum absolute atomic E-state index is 11.9. The molecule has 2 aromatic rings. The van der Waals surface area contributed by atoms with Gasteiger partial charge in [0.15, 0.2) is 0 Å². The number of hydrogen-bond acceptors (Lipinski definition) is 3. The quantitative estimate of drug-likeness (QED) is 0.546. The third kappa shape index (κ3) is 6.58. The van der Waals surface area contributed by atoms with Crippen molar-refractivity contribution in [3.63, 3.8) is 0 Å². The van der Waals surface area contributed by atoms with E-state index in [1.807, 2.05) is 36.4 Å². The SMILES string of the molecule is CCc1ccc(C(=O)NNC(=O)CCCOc2cccc(Br)c2)cc1. The van der Waals surface area contributed by atoms with Gasteiger partial charge in [0.05, 0.1) is 6.61 Å². The molecule has 0 bridgehead atoms. The lowest BCUT2D eigenvalue weighted by Crippen LogP contribution is -2.41. The molecule has 2 N–H and O–H groups in total. The standard InChI is InChI=1S/C19H21BrN2O3/c1-2-14-8-10-15(11-9-14)19(24)22-21-18(23)7-4-12-25-17-6-3-5-16(20)13-17/h3,5-6,8-11,13H,2,4,7,12H2,1H3,(H,21,23)(H,22,24). The molecule has 0 aromatic heterocycles. The van der Waals surface area contributed by atoms with Gasteiger partial charge in [-0.25, -0.2) is 0 Å². The minimum Gasteiger partial charge on any atom is -0.494 e. The Morgan fingerprint density at radius 2 is 1.84 bits per heavy atom. The van der Waals surface area contributed by atoms with Gasteiger partial charge in [0.2, 0.25) is 5.91 Å². The topological polar surface area (TPSA) is 67.4 Å². The fourth-order valence-corrected chi connectivity index (χ4v) is 2.51. The summed E-state index contributed by atoms with van der Waals surface area (Å²) in [6, 6.07) is 14.8. The molecule has 0 atom stereocenters. The van der Waals surface area contributed by atoms with Crippen LogP contribution in [0.2, 0.25) is 0 Å². The summed E-state index contributed by atoms with van der Waals surface area (Å²) >= 11 is 3.37. The highest BCUT2D eigenvalue weighted by Crippen LogP contribution is 2.17. The number of carbonyl (C=O) groups excluding carboxylic acids is 2. The number of benzene rings is 2. The Bertz CT molecular complexity index is 717. The Kier molecular flexibility index (Phi) is 7.47. The van der Waals surface area contributed by atoms with Gasteiger partial charge in [0.1, 0.15) is 5.75 Å². The van der Waals surface area contributed by atoms with Crippen molar-refractivity contribution in [3.8, 4) is 5.75 Å². The zero-order valence-corrected chi connectivity index (χ0v) is 15.6. The molecule has 2 amide bonds. The largest absolute Gasteiger partial charge is 0.494 e. The monoisotopic (exact) mass is 404 g/mol. The summed E-state index contributed by atoms with van der Waals surface area (Å²) in [5.41, 5.74) is 6.50. The molecule has 25 heavy (non-hydrogen) atoms. The van der Waals surface area contributed by atoms with Crippen LogP contribution in [0.4, 0.5) is 0 Å². The Labute approximate surface area is 155 Å². The smallest absolute Gasteiger partial charge is 0.269 e. The Hall–Kier alpha value is -2.34. The van der Waals surface area contributed by atoms with Crippen molar-refractivity contribution < 1.29 is 14.3 Å². The van der Waals surface area contributed by atoms with E-state index in [0.717, 1.165) is 22.2 Å². The zero-order valence-electron chi connectivity index (χ0n) is 14.0. The van der Waals surface area contributed by atoms with E-state index in [-0.39, 0.29) is 18.2 Å². The molecule has 0 heterocycles. The normalized spacial score (nSPS) is 10.2. The summed E-state index contributed by atoms with van der Waals surface area (Å²) in [5, 5.41) is 0. The summed E-state index contributed by atoms with van der Waals surface area (Å²) in [5.74, 6) is 0.163. The van der Waals surface area contributed by atoms with Crippen molar-refractivity contribution in [1.29, 1.82) is 0 Å². The first-order chi connectivity index (χ1) is 12.1. The zero-order chi connectivity index (χ0) is 18.1. The van der Waals surface area contributed by atoms with E-state index in [2.05, 4.69) is 33.7 Å². The molecule has 0 aliphatic carbocycles. The van der Waals surface area contributed by atoms with Gasteiger partial charge in [-0.3, -0.25) is 20.4 Å². The van der Waals surface area contributed by atoms with Crippen molar-refractivity contribution in [1.82, 2.24) is 10.9 Å². The molecule has 6 heteroatoms. The van der Waals surface area contributed by atoms with Crippen LogP contribution in [0.25, 0.3) is 0 Å². The molecular formula is C19H21BrN2O3. The first-order valence-electron chi connectivity index (χ1n) is 8.15. The van der Waals surface area contributed by atoms with Gasteiger partial charge in [-0.1, -0.05) is 41.1 Å². The highest BCUT2D eigenvalue weighted by atomic mass is 79.9. The van der Waals surface area contributed by atoms with Gasteiger partial charge < -0.3 is 4.74 Å². The lowest BCUT2D eigenvalue weighted by Gasteiger charge is -2.09. The van der Waals surface area contributed by atoms with E-state index in [0.29, 0.717) is 18.6 Å². The molecule has 2 aromatic carbocycles. The lowest BCUT2D eigenvalue weighted by atomic mass is 10.1. The molecule has 0 aliphatic rings. The van der Waals surface area contributed by atoms with E-state index in [1.54, 1.807) is 12.1 Å². The van der Waals surface area contributed by atoms with Crippen LogP contribution in [0.3, 0.4) is 0 Å². The predicted molar refractivity (Wildman–Crippen MR) is 100 cm³/mol. The molecule has 0 saturated heterocycles.